The number of ether oxygens (including phenoxy) is 1. The van der Waals surface area contributed by atoms with Gasteiger partial charge in [0.1, 0.15) is 4.88 Å². The number of rotatable bonds is 3. The molecule has 0 radical (unpaired) electrons. The topological polar surface area (TPSA) is 67.6 Å². The number of fused-ring (bicyclic) bond motifs is 1. The molecule has 2 heterocycles. The number of nitrogens with zero attached hydrogens (tertiary/aromatic N) is 1. The average Bonchev–Trinajstić information content (AvgIpc) is 2.92. The van der Waals surface area contributed by atoms with Crippen molar-refractivity contribution in [2.45, 2.75) is 24.6 Å². The lowest BCUT2D eigenvalue weighted by atomic mass is 9.71. The summed E-state index contributed by atoms with van der Waals surface area (Å²) in [6, 6.07) is 2.19. The van der Waals surface area contributed by atoms with Crippen molar-refractivity contribution in [1.82, 2.24) is 10.2 Å². The number of thiophene rings is 1. The summed E-state index contributed by atoms with van der Waals surface area (Å²) < 4.78 is 5.74. The number of nitrogens with one attached hydrogen (secondary N) is 1. The molecule has 6 heteroatoms. The first-order valence-electron chi connectivity index (χ1n) is 6.51. The van der Waals surface area contributed by atoms with Crippen LogP contribution in [-0.4, -0.2) is 49.7 Å². The zero-order chi connectivity index (χ0) is 13.6. The molecular formula is C13H19N3O2S. The molecule has 1 amide bonds. The van der Waals surface area contributed by atoms with E-state index in [1.54, 1.807) is 6.07 Å². The third-order valence-electron chi connectivity index (χ3n) is 4.15. The molecule has 0 unspecified atom stereocenters. The van der Waals surface area contributed by atoms with E-state index in [1.165, 1.54) is 11.3 Å². The SMILES string of the molecule is CN(C)[C@@H]1[C@@H](NC(=O)c2sccc2N)[C@H]2CCO[C@H]21. The number of nitrogens with two attached hydrogens (primary N) is 1. The molecule has 2 fully saturated rings. The summed E-state index contributed by atoms with van der Waals surface area (Å²) in [4.78, 5) is 15.0. The molecule has 19 heavy (non-hydrogen) atoms. The summed E-state index contributed by atoms with van der Waals surface area (Å²) in [5, 5.41) is 4.98. The smallest absolute Gasteiger partial charge is 0.263 e. The van der Waals surface area contributed by atoms with E-state index in [-0.39, 0.29) is 24.1 Å². The van der Waals surface area contributed by atoms with Gasteiger partial charge in [0, 0.05) is 12.5 Å². The Hall–Kier alpha value is -1.11. The number of carbonyl (C=O) groups is 1. The van der Waals surface area contributed by atoms with Crippen LogP contribution in [0.25, 0.3) is 0 Å². The summed E-state index contributed by atoms with van der Waals surface area (Å²) in [5.41, 5.74) is 6.35. The highest BCUT2D eigenvalue weighted by Gasteiger charge is 2.55. The van der Waals surface area contributed by atoms with E-state index in [1.807, 2.05) is 19.5 Å². The van der Waals surface area contributed by atoms with Crippen molar-refractivity contribution in [1.29, 1.82) is 0 Å². The van der Waals surface area contributed by atoms with E-state index in [2.05, 4.69) is 10.2 Å². The minimum absolute atomic E-state index is 0.0605. The number of hydrogen-bond donors (Lipinski definition) is 2. The van der Waals surface area contributed by atoms with Crippen LogP contribution in [0.3, 0.4) is 0 Å². The number of nitrogen functional groups attached to an aromatic ring is 1. The van der Waals surface area contributed by atoms with Crippen LogP contribution in [0.4, 0.5) is 5.69 Å². The first-order chi connectivity index (χ1) is 9.09. The molecule has 3 N–H and O–H groups in total. The van der Waals surface area contributed by atoms with Gasteiger partial charge in [-0.2, -0.15) is 0 Å². The number of likely N-dealkylation sites (N-methyl/N-ethyl adjacent to an activating group) is 1. The predicted octanol–water partition coefficient (Wildman–Crippen LogP) is 0.778. The lowest BCUT2D eigenvalue weighted by Gasteiger charge is -2.50. The van der Waals surface area contributed by atoms with Gasteiger partial charge < -0.3 is 20.7 Å². The Morgan fingerprint density at radius 3 is 3.00 bits per heavy atom. The normalized spacial score (nSPS) is 33.0. The van der Waals surface area contributed by atoms with Gasteiger partial charge in [0.2, 0.25) is 0 Å². The van der Waals surface area contributed by atoms with Crippen LogP contribution in [0.5, 0.6) is 0 Å². The summed E-state index contributed by atoms with van der Waals surface area (Å²) in [5.74, 6) is 0.382. The molecule has 0 spiro atoms. The van der Waals surface area contributed by atoms with E-state index in [9.17, 15) is 4.79 Å². The zero-order valence-electron chi connectivity index (χ0n) is 11.1. The van der Waals surface area contributed by atoms with Gasteiger partial charge in [0.05, 0.1) is 23.9 Å². The van der Waals surface area contributed by atoms with E-state index in [0.717, 1.165) is 13.0 Å². The van der Waals surface area contributed by atoms with E-state index in [0.29, 0.717) is 16.5 Å². The molecule has 1 saturated carbocycles. The summed E-state index contributed by atoms with van der Waals surface area (Å²) >= 11 is 1.39. The highest BCUT2D eigenvalue weighted by Crippen LogP contribution is 2.41. The van der Waals surface area contributed by atoms with Crippen LogP contribution >= 0.6 is 11.3 Å². The van der Waals surface area contributed by atoms with Crippen molar-refractivity contribution in [3.63, 3.8) is 0 Å². The Morgan fingerprint density at radius 2 is 2.37 bits per heavy atom. The molecule has 5 nitrogen and oxygen atoms in total. The first-order valence-corrected chi connectivity index (χ1v) is 7.39. The molecule has 1 aromatic rings. The Balaban J connectivity index is 1.72. The predicted molar refractivity (Wildman–Crippen MR) is 75.3 cm³/mol. The summed E-state index contributed by atoms with van der Waals surface area (Å²) in [6.45, 7) is 0.799. The molecule has 104 valence electrons. The van der Waals surface area contributed by atoms with E-state index < -0.39 is 0 Å². The fourth-order valence-electron chi connectivity index (χ4n) is 3.20. The maximum atomic E-state index is 12.2. The van der Waals surface area contributed by atoms with Crippen LogP contribution in [-0.2, 0) is 4.74 Å². The van der Waals surface area contributed by atoms with Gasteiger partial charge in [0.25, 0.3) is 5.91 Å². The van der Waals surface area contributed by atoms with Gasteiger partial charge in [-0.3, -0.25) is 4.79 Å². The molecule has 2 aliphatic rings. The van der Waals surface area contributed by atoms with Gasteiger partial charge in [0.15, 0.2) is 0 Å². The third-order valence-corrected chi connectivity index (χ3v) is 5.07. The molecule has 1 saturated heterocycles. The highest BCUT2D eigenvalue weighted by molar-refractivity contribution is 7.12. The molecule has 1 aliphatic carbocycles. The monoisotopic (exact) mass is 281 g/mol. The largest absolute Gasteiger partial charge is 0.397 e. The zero-order valence-corrected chi connectivity index (χ0v) is 11.9. The summed E-state index contributed by atoms with van der Waals surface area (Å²) in [6.07, 6.45) is 1.29. The summed E-state index contributed by atoms with van der Waals surface area (Å²) in [7, 11) is 4.06. The Bertz CT molecular complexity index is 488. The lowest BCUT2D eigenvalue weighted by molar-refractivity contribution is -0.0663. The standard InChI is InChI=1S/C13H19N3O2S/c1-16(2)10-9(7-3-5-18-11(7)10)15-13(17)12-8(14)4-6-19-12/h4,6-7,9-11H,3,5,14H2,1-2H3,(H,15,17)/t7-,9+,10-,11-/m1/s1. The lowest BCUT2D eigenvalue weighted by Crippen LogP contribution is -2.69. The van der Waals surface area contributed by atoms with Gasteiger partial charge in [-0.05, 0) is 32.0 Å². The minimum atomic E-state index is -0.0605. The maximum absolute atomic E-state index is 12.2. The average molecular weight is 281 g/mol. The minimum Gasteiger partial charge on any atom is -0.397 e. The quantitative estimate of drug-likeness (QED) is 0.859. The second kappa shape index (κ2) is 4.77. The van der Waals surface area contributed by atoms with Gasteiger partial charge in [-0.15, -0.1) is 11.3 Å². The van der Waals surface area contributed by atoms with Crippen molar-refractivity contribution >= 4 is 22.9 Å². The van der Waals surface area contributed by atoms with E-state index >= 15 is 0 Å². The molecule has 3 rings (SSSR count). The fourth-order valence-corrected chi connectivity index (χ4v) is 3.92. The van der Waals surface area contributed by atoms with Crippen molar-refractivity contribution in [2.75, 3.05) is 26.4 Å². The second-order valence-corrected chi connectivity index (χ2v) is 6.36. The molecule has 1 aromatic heterocycles. The van der Waals surface area contributed by atoms with Crippen LogP contribution in [0.15, 0.2) is 11.4 Å². The van der Waals surface area contributed by atoms with Crippen molar-refractivity contribution in [3.05, 3.63) is 16.3 Å². The van der Waals surface area contributed by atoms with Crippen molar-refractivity contribution in [2.24, 2.45) is 5.92 Å². The number of anilines is 1. The number of hydrogen-bond acceptors (Lipinski definition) is 5. The third kappa shape index (κ3) is 2.04. The highest BCUT2D eigenvalue weighted by atomic mass is 32.1. The molecule has 1 aliphatic heterocycles. The first kappa shape index (κ1) is 12.9. The number of carbonyl (C=O) groups excluding carboxylic acids is 1. The molecule has 0 bridgehead atoms. The van der Waals surface area contributed by atoms with Gasteiger partial charge in [-0.1, -0.05) is 0 Å². The van der Waals surface area contributed by atoms with Crippen LogP contribution in [0, 0.1) is 5.92 Å². The van der Waals surface area contributed by atoms with Crippen molar-refractivity contribution in [3.8, 4) is 0 Å². The van der Waals surface area contributed by atoms with Crippen LogP contribution < -0.4 is 11.1 Å². The van der Waals surface area contributed by atoms with Gasteiger partial charge >= 0.3 is 0 Å². The molecule has 4 atom stereocenters. The maximum Gasteiger partial charge on any atom is 0.263 e. The Labute approximate surface area is 116 Å². The molecular weight excluding hydrogens is 262 g/mol. The van der Waals surface area contributed by atoms with Gasteiger partial charge in [-0.25, -0.2) is 0 Å². The Morgan fingerprint density at radius 1 is 1.58 bits per heavy atom. The Kier molecular flexibility index (Phi) is 3.24. The van der Waals surface area contributed by atoms with Crippen LogP contribution in [0.1, 0.15) is 16.1 Å². The van der Waals surface area contributed by atoms with E-state index in [4.69, 9.17) is 10.5 Å². The molecule has 0 aromatic carbocycles. The van der Waals surface area contributed by atoms with Crippen LogP contribution in [0.2, 0.25) is 0 Å². The number of amides is 1. The fraction of sp³-hybridized carbons (Fsp3) is 0.615. The van der Waals surface area contributed by atoms with Crippen molar-refractivity contribution < 1.29 is 9.53 Å². The second-order valence-electron chi connectivity index (χ2n) is 5.45.